The van der Waals surface area contributed by atoms with E-state index in [-0.39, 0.29) is 18.7 Å². The number of urea groups is 1. The second-order valence-electron chi connectivity index (χ2n) is 7.70. The fourth-order valence-electron chi connectivity index (χ4n) is 3.60. The Morgan fingerprint density at radius 2 is 1.89 bits per heavy atom. The zero-order valence-electron chi connectivity index (χ0n) is 18.8. The number of anilines is 1. The predicted molar refractivity (Wildman–Crippen MR) is 117 cm³/mol. The largest absolute Gasteiger partial charge is 0.472 e. The lowest BCUT2D eigenvalue weighted by Gasteiger charge is -2.23. The van der Waals surface area contributed by atoms with Gasteiger partial charge in [-0.1, -0.05) is 0 Å². The van der Waals surface area contributed by atoms with Gasteiger partial charge in [0, 0.05) is 26.1 Å². The molecule has 3 rings (SSSR count). The van der Waals surface area contributed by atoms with Crippen LogP contribution < -0.4 is 22.5 Å². The lowest BCUT2D eigenvalue weighted by Crippen LogP contribution is -2.38. The van der Waals surface area contributed by atoms with Crippen molar-refractivity contribution in [2.24, 2.45) is 5.73 Å². The molecule has 2 aliphatic heterocycles. The molecule has 8 N–H and O–H groups in total. The highest BCUT2D eigenvalue weighted by Gasteiger charge is 2.45. The minimum absolute atomic E-state index is 0.0371. The van der Waals surface area contributed by atoms with Crippen LogP contribution in [0.15, 0.2) is 17.1 Å². The van der Waals surface area contributed by atoms with E-state index < -0.39 is 77.5 Å². The Hall–Kier alpha value is -1.95. The van der Waals surface area contributed by atoms with Crippen LogP contribution in [0.1, 0.15) is 19.1 Å². The first-order chi connectivity index (χ1) is 16.8. The molecule has 36 heavy (non-hydrogen) atoms. The molecule has 3 heterocycles. The number of aromatic nitrogens is 2. The third-order valence-corrected chi connectivity index (χ3v) is 7.21. The fraction of sp³-hybridized carbons (Fsp3) is 0.688. The maximum Gasteiger partial charge on any atom is 0.472 e. The number of carbonyl (C=O) groups excluding carboxylic acids is 1. The number of hydrogen-bond acceptors (Lipinski definition) is 13. The third-order valence-electron chi connectivity index (χ3n) is 5.20. The van der Waals surface area contributed by atoms with Crippen LogP contribution in [0.4, 0.5) is 10.6 Å². The molecule has 1 aromatic rings. The van der Waals surface area contributed by atoms with E-state index >= 15 is 0 Å². The van der Waals surface area contributed by atoms with Gasteiger partial charge in [0.1, 0.15) is 42.7 Å². The number of carbonyl (C=O) groups is 1. The Kier molecular flexibility index (Phi) is 9.24. The van der Waals surface area contributed by atoms with Crippen molar-refractivity contribution < 1.29 is 56.4 Å². The number of ether oxygens (including phenoxy) is 2. The number of nitrogens with one attached hydrogen (secondary N) is 1. The van der Waals surface area contributed by atoms with Crippen LogP contribution in [-0.2, 0) is 36.7 Å². The van der Waals surface area contributed by atoms with Crippen molar-refractivity contribution in [1.29, 1.82) is 0 Å². The molecule has 2 fully saturated rings. The number of aliphatic hydroxyl groups excluding tert-OH is 1. The average molecular weight is 559 g/mol. The summed E-state index contributed by atoms with van der Waals surface area (Å²) >= 11 is 0. The van der Waals surface area contributed by atoms with Crippen molar-refractivity contribution in [3.05, 3.63) is 22.7 Å². The number of phosphoric acid groups is 2. The van der Waals surface area contributed by atoms with E-state index in [1.54, 1.807) is 0 Å². The average Bonchev–Trinajstić information content (AvgIpc) is 3.34. The molecular weight excluding hydrogens is 532 g/mol. The summed E-state index contributed by atoms with van der Waals surface area (Å²) in [5.74, 6) is -0.0371. The molecule has 0 aromatic carbocycles. The summed E-state index contributed by atoms with van der Waals surface area (Å²) < 4.78 is 56.1. The first-order valence-electron chi connectivity index (χ1n) is 10.4. The molecule has 0 saturated carbocycles. The van der Waals surface area contributed by atoms with Gasteiger partial charge in [-0.25, -0.2) is 18.7 Å². The third kappa shape index (κ3) is 7.53. The van der Waals surface area contributed by atoms with Gasteiger partial charge in [0.25, 0.3) is 0 Å². The van der Waals surface area contributed by atoms with Crippen molar-refractivity contribution in [2.75, 3.05) is 26.1 Å². The Bertz CT molecular complexity index is 1090. The maximum absolute atomic E-state index is 12.6. The molecular formula is C16H27N5O13P2. The first kappa shape index (κ1) is 28.6. The molecule has 2 aliphatic rings. The Morgan fingerprint density at radius 3 is 2.50 bits per heavy atom. The Balaban J connectivity index is 1.68. The smallest absolute Gasteiger partial charge is 0.394 e. The predicted octanol–water partition coefficient (Wildman–Crippen LogP) is -1.48. The number of amides is 2. The molecule has 0 spiro atoms. The number of phosphoric ester groups is 2. The number of nitrogens with zero attached hydrogens (tertiary/aromatic N) is 2. The molecule has 204 valence electrons. The molecule has 0 aliphatic carbocycles. The summed E-state index contributed by atoms with van der Waals surface area (Å²) in [5.41, 5.74) is 9.72. The highest BCUT2D eigenvalue weighted by Crippen LogP contribution is 2.50. The van der Waals surface area contributed by atoms with Crippen LogP contribution >= 0.6 is 15.6 Å². The van der Waals surface area contributed by atoms with E-state index in [9.17, 15) is 33.6 Å². The monoisotopic (exact) mass is 559 g/mol. The van der Waals surface area contributed by atoms with E-state index in [4.69, 9.17) is 34.5 Å². The number of nitrogens with two attached hydrogens (primary N) is 2. The zero-order valence-corrected chi connectivity index (χ0v) is 20.6. The first-order valence-corrected chi connectivity index (χ1v) is 13.4. The van der Waals surface area contributed by atoms with Crippen molar-refractivity contribution >= 4 is 27.5 Å². The number of aliphatic hydroxyl groups is 1. The molecule has 1 aromatic heterocycles. The van der Waals surface area contributed by atoms with Crippen LogP contribution in [-0.4, -0.2) is 81.4 Å². The van der Waals surface area contributed by atoms with Crippen molar-refractivity contribution in [2.45, 2.75) is 49.7 Å². The quantitative estimate of drug-likeness (QED) is 0.169. The van der Waals surface area contributed by atoms with Gasteiger partial charge < -0.3 is 41.2 Å². The molecule has 4 unspecified atom stereocenters. The summed E-state index contributed by atoms with van der Waals surface area (Å²) in [7, 11) is -8.42. The maximum atomic E-state index is 12.6. The fourth-order valence-corrected chi connectivity index (χ4v) is 5.21. The standard InChI is InChI=1S/C16H27N5O13P2/c1-29-35(25,26)33-9-5-14(21-3-2-12(17)19-16(21)24)32-11(9)7-30-36(27,28)34-8-4-13(20-15(18)23)31-10(8)6-22/h2-3,8-11,13-14,22H,4-7H2,1H3,(H,25,26)(H,27,28)(H2,17,19,24)(H3,18,20,23)/t8?,9?,10-,11-,13-,14-/m1/s1. The van der Waals surface area contributed by atoms with E-state index in [0.717, 1.165) is 11.7 Å². The van der Waals surface area contributed by atoms with Gasteiger partial charge in [-0.3, -0.25) is 22.7 Å². The minimum atomic E-state index is -4.83. The summed E-state index contributed by atoms with van der Waals surface area (Å²) in [6.45, 7) is -1.28. The van der Waals surface area contributed by atoms with Gasteiger partial charge >= 0.3 is 27.4 Å². The van der Waals surface area contributed by atoms with Crippen LogP contribution in [0, 0.1) is 0 Å². The van der Waals surface area contributed by atoms with Gasteiger partial charge in [0.05, 0.1) is 13.2 Å². The molecule has 0 bridgehead atoms. The second-order valence-corrected chi connectivity index (χ2v) is 10.6. The lowest BCUT2D eigenvalue weighted by molar-refractivity contribution is -0.0530. The SMILES string of the molecule is COP(=O)(O)OC1C[C@H](n2ccc(N)nc2=O)O[C@@H]1COP(=O)(O)OC1C[C@H](NC(N)=O)O[C@@H]1CO. The Morgan fingerprint density at radius 1 is 1.22 bits per heavy atom. The van der Waals surface area contributed by atoms with Crippen LogP contribution in [0.2, 0.25) is 0 Å². The highest BCUT2D eigenvalue weighted by atomic mass is 31.2. The molecule has 8 atom stereocenters. The molecule has 0 radical (unpaired) electrons. The summed E-state index contributed by atoms with van der Waals surface area (Å²) in [6.07, 6.45) is -5.70. The number of primary amides is 1. The van der Waals surface area contributed by atoms with Gasteiger partial charge in [-0.2, -0.15) is 4.98 Å². The summed E-state index contributed by atoms with van der Waals surface area (Å²) in [6, 6.07) is 0.417. The van der Waals surface area contributed by atoms with Crippen LogP contribution in [0.3, 0.4) is 0 Å². The van der Waals surface area contributed by atoms with Crippen molar-refractivity contribution in [3.63, 3.8) is 0 Å². The second kappa shape index (κ2) is 11.6. The zero-order chi connectivity index (χ0) is 26.7. The Labute approximate surface area is 203 Å². The highest BCUT2D eigenvalue weighted by molar-refractivity contribution is 7.47. The number of hydrogen-bond donors (Lipinski definition) is 6. The molecule has 18 nitrogen and oxygen atoms in total. The van der Waals surface area contributed by atoms with E-state index in [0.29, 0.717) is 0 Å². The summed E-state index contributed by atoms with van der Waals surface area (Å²) in [4.78, 5) is 46.7. The molecule has 2 saturated heterocycles. The molecule has 20 heteroatoms. The van der Waals surface area contributed by atoms with E-state index in [1.165, 1.54) is 12.3 Å². The minimum Gasteiger partial charge on any atom is -0.394 e. The van der Waals surface area contributed by atoms with Gasteiger partial charge in [-0.05, 0) is 6.07 Å². The number of rotatable bonds is 11. The summed E-state index contributed by atoms with van der Waals surface area (Å²) in [5, 5.41) is 11.7. The van der Waals surface area contributed by atoms with E-state index in [2.05, 4.69) is 14.8 Å². The lowest BCUT2D eigenvalue weighted by atomic mass is 10.2. The van der Waals surface area contributed by atoms with Gasteiger partial charge in [0.15, 0.2) is 0 Å². The van der Waals surface area contributed by atoms with Crippen molar-refractivity contribution in [3.8, 4) is 0 Å². The topological polar surface area (TPSA) is 266 Å². The van der Waals surface area contributed by atoms with E-state index in [1.807, 2.05) is 0 Å². The molecule has 2 amide bonds. The van der Waals surface area contributed by atoms with Crippen LogP contribution in [0.5, 0.6) is 0 Å². The van der Waals surface area contributed by atoms with Crippen LogP contribution in [0.25, 0.3) is 0 Å². The normalized spacial score (nSPS) is 31.6. The van der Waals surface area contributed by atoms with Gasteiger partial charge in [0.2, 0.25) is 0 Å². The van der Waals surface area contributed by atoms with Crippen molar-refractivity contribution in [1.82, 2.24) is 14.9 Å². The number of nitrogen functional groups attached to an aromatic ring is 1. The van der Waals surface area contributed by atoms with Gasteiger partial charge in [-0.15, -0.1) is 0 Å².